The van der Waals surface area contributed by atoms with E-state index in [0.717, 1.165) is 22.4 Å². The van der Waals surface area contributed by atoms with Crippen LogP contribution in [-0.4, -0.2) is 28.0 Å². The smallest absolute Gasteiger partial charge is 0.290 e. The molecule has 5 nitrogen and oxygen atoms in total. The van der Waals surface area contributed by atoms with Crippen LogP contribution in [0.3, 0.4) is 0 Å². The first-order valence-electron chi connectivity index (χ1n) is 9.01. The molecule has 0 bridgehead atoms. The summed E-state index contributed by atoms with van der Waals surface area (Å²) in [4.78, 5) is 18.7. The van der Waals surface area contributed by atoms with Gasteiger partial charge in [-0.25, -0.2) is 0 Å². The number of ether oxygens (including phenoxy) is 1. The summed E-state index contributed by atoms with van der Waals surface area (Å²) in [6.07, 6.45) is 3.40. The summed E-state index contributed by atoms with van der Waals surface area (Å²) >= 11 is 0. The molecular weight excluding hydrogens is 352 g/mol. The fraction of sp³-hybridized carbons (Fsp3) is 0.130. The molecule has 1 amide bonds. The van der Waals surface area contributed by atoms with Crippen LogP contribution in [0.2, 0.25) is 0 Å². The van der Waals surface area contributed by atoms with Gasteiger partial charge < -0.3 is 14.7 Å². The Balaban J connectivity index is 1.79. The highest BCUT2D eigenvalue weighted by Crippen LogP contribution is 2.43. The Morgan fingerprint density at radius 3 is 2.32 bits per heavy atom. The molecule has 140 valence electrons. The second-order valence-electron chi connectivity index (χ2n) is 6.59. The minimum absolute atomic E-state index is 0.215. The zero-order valence-electron chi connectivity index (χ0n) is 15.4. The van der Waals surface area contributed by atoms with Crippen molar-refractivity contribution in [2.45, 2.75) is 12.6 Å². The lowest BCUT2D eigenvalue weighted by Crippen LogP contribution is -2.29. The minimum Gasteiger partial charge on any atom is -0.503 e. The number of aliphatic hydroxyl groups excluding tert-OH is 1. The normalized spacial score (nSPS) is 16.5. The number of aliphatic hydroxyl groups is 1. The van der Waals surface area contributed by atoms with Gasteiger partial charge >= 0.3 is 0 Å². The van der Waals surface area contributed by atoms with Crippen LogP contribution >= 0.6 is 0 Å². The summed E-state index contributed by atoms with van der Waals surface area (Å²) in [5.41, 5.74) is 3.29. The number of pyridine rings is 1. The molecule has 0 fully saturated rings. The van der Waals surface area contributed by atoms with E-state index in [0.29, 0.717) is 12.1 Å². The van der Waals surface area contributed by atoms with Gasteiger partial charge in [-0.3, -0.25) is 9.78 Å². The van der Waals surface area contributed by atoms with Crippen molar-refractivity contribution < 1.29 is 14.6 Å². The van der Waals surface area contributed by atoms with Gasteiger partial charge in [0.25, 0.3) is 5.91 Å². The second kappa shape index (κ2) is 7.56. The van der Waals surface area contributed by atoms with E-state index in [-0.39, 0.29) is 17.7 Å². The molecule has 0 radical (unpaired) electrons. The third-order valence-electron chi connectivity index (χ3n) is 4.92. The number of nitrogens with zero attached hydrogens (tertiary/aromatic N) is 2. The molecule has 0 spiro atoms. The van der Waals surface area contributed by atoms with Gasteiger partial charge in [0.2, 0.25) is 0 Å². The molecule has 0 unspecified atom stereocenters. The Morgan fingerprint density at radius 1 is 1.00 bits per heavy atom. The van der Waals surface area contributed by atoms with Gasteiger partial charge in [0.15, 0.2) is 5.76 Å². The van der Waals surface area contributed by atoms with Gasteiger partial charge in [-0.2, -0.15) is 0 Å². The Kier molecular flexibility index (Phi) is 4.81. The lowest BCUT2D eigenvalue weighted by Gasteiger charge is -2.27. The minimum atomic E-state index is -0.379. The molecule has 0 saturated heterocycles. The number of carbonyl (C=O) groups excluding carboxylic acids is 1. The van der Waals surface area contributed by atoms with Gasteiger partial charge in [-0.1, -0.05) is 42.5 Å². The maximum atomic E-state index is 13.0. The highest BCUT2D eigenvalue weighted by Gasteiger charge is 2.40. The van der Waals surface area contributed by atoms with Crippen molar-refractivity contribution in [1.82, 2.24) is 9.88 Å². The van der Waals surface area contributed by atoms with Gasteiger partial charge in [-0.15, -0.1) is 0 Å². The van der Waals surface area contributed by atoms with Crippen molar-refractivity contribution >= 4 is 11.5 Å². The van der Waals surface area contributed by atoms with Crippen LogP contribution in [0.5, 0.6) is 5.75 Å². The highest BCUT2D eigenvalue weighted by atomic mass is 16.5. The number of aromatic nitrogens is 1. The lowest BCUT2D eigenvalue weighted by molar-refractivity contribution is -0.130. The Bertz CT molecular complexity index is 999. The zero-order chi connectivity index (χ0) is 19.5. The van der Waals surface area contributed by atoms with Gasteiger partial charge in [0.05, 0.1) is 13.2 Å². The number of hydrogen-bond acceptors (Lipinski definition) is 4. The van der Waals surface area contributed by atoms with Crippen LogP contribution < -0.4 is 4.74 Å². The van der Waals surface area contributed by atoms with Crippen molar-refractivity contribution in [2.75, 3.05) is 7.11 Å². The maximum absolute atomic E-state index is 13.0. The first-order chi connectivity index (χ1) is 13.7. The van der Waals surface area contributed by atoms with E-state index >= 15 is 0 Å². The zero-order valence-corrected chi connectivity index (χ0v) is 15.4. The second-order valence-corrected chi connectivity index (χ2v) is 6.59. The van der Waals surface area contributed by atoms with E-state index in [1.165, 1.54) is 0 Å². The fourth-order valence-electron chi connectivity index (χ4n) is 3.55. The van der Waals surface area contributed by atoms with Crippen molar-refractivity contribution in [3.63, 3.8) is 0 Å². The maximum Gasteiger partial charge on any atom is 0.290 e. The van der Waals surface area contributed by atoms with E-state index in [1.54, 1.807) is 24.4 Å². The topological polar surface area (TPSA) is 62.7 Å². The number of benzene rings is 2. The summed E-state index contributed by atoms with van der Waals surface area (Å²) in [6.45, 7) is 0.380. The number of amides is 1. The molecular formula is C23H20N2O3. The standard InChI is InChI=1S/C23H20N2O3/c1-28-19-9-7-17(8-10-19)20-21(18-5-3-2-4-6-18)25(23(27)22(20)26)15-16-11-13-24-14-12-16/h2-14,21,26H,15H2,1H3/t21-/m1/s1. The average molecular weight is 372 g/mol. The lowest BCUT2D eigenvalue weighted by atomic mass is 9.93. The van der Waals surface area contributed by atoms with Crippen LogP contribution in [0.4, 0.5) is 0 Å². The fourth-order valence-corrected chi connectivity index (χ4v) is 3.55. The number of methoxy groups -OCH3 is 1. The molecule has 2 heterocycles. The van der Waals surface area contributed by atoms with Crippen LogP contribution in [-0.2, 0) is 11.3 Å². The molecule has 1 aromatic heterocycles. The highest BCUT2D eigenvalue weighted by molar-refractivity contribution is 6.05. The van der Waals surface area contributed by atoms with E-state index < -0.39 is 0 Å². The van der Waals surface area contributed by atoms with Crippen LogP contribution in [0.1, 0.15) is 22.7 Å². The molecule has 2 aromatic carbocycles. The third-order valence-corrected chi connectivity index (χ3v) is 4.92. The van der Waals surface area contributed by atoms with Crippen molar-refractivity contribution in [3.05, 3.63) is 102 Å². The Labute approximate surface area is 163 Å². The molecule has 0 saturated carbocycles. The molecule has 4 rings (SSSR count). The van der Waals surface area contributed by atoms with Gasteiger partial charge in [-0.05, 0) is 41.0 Å². The number of carbonyl (C=O) groups is 1. The predicted molar refractivity (Wildman–Crippen MR) is 107 cm³/mol. The molecule has 0 aliphatic carbocycles. The summed E-state index contributed by atoms with van der Waals surface area (Å²) in [6, 6.07) is 20.5. The summed E-state index contributed by atoms with van der Waals surface area (Å²) in [5.74, 6) is 0.127. The largest absolute Gasteiger partial charge is 0.503 e. The van der Waals surface area contributed by atoms with E-state index in [4.69, 9.17) is 4.74 Å². The van der Waals surface area contributed by atoms with Crippen molar-refractivity contribution in [2.24, 2.45) is 0 Å². The molecule has 1 N–H and O–H groups in total. The van der Waals surface area contributed by atoms with E-state index in [1.807, 2.05) is 66.7 Å². The molecule has 5 heteroatoms. The number of hydrogen-bond donors (Lipinski definition) is 1. The summed E-state index contributed by atoms with van der Waals surface area (Å²) < 4.78 is 5.23. The molecule has 28 heavy (non-hydrogen) atoms. The van der Waals surface area contributed by atoms with E-state index in [2.05, 4.69) is 4.98 Å². The van der Waals surface area contributed by atoms with Gasteiger partial charge in [0.1, 0.15) is 5.75 Å². The molecule has 1 atom stereocenters. The SMILES string of the molecule is COc1ccc(C2=C(O)C(=O)N(Cc3ccncc3)[C@@H]2c2ccccc2)cc1. The Hall–Kier alpha value is -3.60. The summed E-state index contributed by atoms with van der Waals surface area (Å²) in [5, 5.41) is 10.8. The van der Waals surface area contributed by atoms with Crippen LogP contribution in [0.25, 0.3) is 5.57 Å². The third kappa shape index (κ3) is 3.22. The van der Waals surface area contributed by atoms with Crippen molar-refractivity contribution in [3.8, 4) is 5.75 Å². The molecule has 3 aromatic rings. The monoisotopic (exact) mass is 372 g/mol. The quantitative estimate of drug-likeness (QED) is 0.731. The number of rotatable bonds is 5. The average Bonchev–Trinajstić information content (AvgIpc) is 3.00. The van der Waals surface area contributed by atoms with Gasteiger partial charge in [0, 0.05) is 24.5 Å². The van der Waals surface area contributed by atoms with Crippen LogP contribution in [0, 0.1) is 0 Å². The van der Waals surface area contributed by atoms with E-state index in [9.17, 15) is 9.90 Å². The first-order valence-corrected chi connectivity index (χ1v) is 9.01. The first kappa shape index (κ1) is 17.8. The summed E-state index contributed by atoms with van der Waals surface area (Å²) in [7, 11) is 1.61. The Morgan fingerprint density at radius 2 is 1.68 bits per heavy atom. The molecule has 1 aliphatic heterocycles. The molecule has 1 aliphatic rings. The van der Waals surface area contributed by atoms with Crippen LogP contribution in [0.15, 0.2) is 84.9 Å². The van der Waals surface area contributed by atoms with Crippen molar-refractivity contribution in [1.29, 1.82) is 0 Å². The predicted octanol–water partition coefficient (Wildman–Crippen LogP) is 4.14.